The zero-order valence-corrected chi connectivity index (χ0v) is 9.77. The molecule has 1 heterocycles. The Morgan fingerprint density at radius 3 is 2.75 bits per heavy atom. The average Bonchev–Trinajstić information content (AvgIpc) is 2.17. The van der Waals surface area contributed by atoms with E-state index in [2.05, 4.69) is 5.10 Å². The summed E-state index contributed by atoms with van der Waals surface area (Å²) >= 11 is 0. The van der Waals surface area contributed by atoms with Gasteiger partial charge >= 0.3 is 7.05 Å². The zero-order valence-electron chi connectivity index (χ0n) is 8.95. The number of sulfonamides is 1. The third-order valence-electron chi connectivity index (χ3n) is 2.38. The number of nitrogens with zero attached hydrogens (tertiary/aromatic N) is 2. The molecule has 1 aliphatic rings. The van der Waals surface area contributed by atoms with Crippen LogP contribution in [-0.2, 0) is 10.0 Å². The summed E-state index contributed by atoms with van der Waals surface area (Å²) in [6, 6.07) is 5.44. The fourth-order valence-corrected chi connectivity index (χ4v) is 2.30. The van der Waals surface area contributed by atoms with Crippen molar-refractivity contribution >= 4 is 28.8 Å². The Morgan fingerprint density at radius 1 is 1.44 bits per heavy atom. The monoisotopic (exact) mass is 238 g/mol. The summed E-state index contributed by atoms with van der Waals surface area (Å²) in [7, 11) is -4.79. The maximum absolute atomic E-state index is 11.3. The lowest BCUT2D eigenvalue weighted by molar-refractivity contribution is 0.479. The Kier molecular flexibility index (Phi) is 2.51. The van der Waals surface area contributed by atoms with Crippen LogP contribution in [0.25, 0.3) is 0 Å². The van der Waals surface area contributed by atoms with Gasteiger partial charge in [-0.25, -0.2) is 12.7 Å². The van der Waals surface area contributed by atoms with Gasteiger partial charge in [-0.15, -0.1) is 0 Å². The van der Waals surface area contributed by atoms with Crippen LogP contribution >= 0.6 is 0 Å². The first-order chi connectivity index (χ1) is 7.39. The summed E-state index contributed by atoms with van der Waals surface area (Å²) in [5.74, 6) is 0. The maximum atomic E-state index is 11.3. The second-order valence-electron chi connectivity index (χ2n) is 3.79. The topological polar surface area (TPSA) is 70.0 Å². The number of benzene rings is 1. The smallest absolute Gasteiger partial charge is 0.427 e. The van der Waals surface area contributed by atoms with Crippen molar-refractivity contribution in [3.8, 4) is 0 Å². The van der Waals surface area contributed by atoms with E-state index in [0.29, 0.717) is 9.79 Å². The number of fused-ring (bicyclic) bond motifs is 1. The Labute approximate surface area is 94.6 Å². The lowest BCUT2D eigenvalue weighted by Gasteiger charge is -2.24. The highest BCUT2D eigenvalue weighted by Crippen LogP contribution is 2.10. The minimum absolute atomic E-state index is 0.556. The van der Waals surface area contributed by atoms with Crippen LogP contribution in [0.5, 0.6) is 0 Å². The molecule has 2 rings (SSSR count). The van der Waals surface area contributed by atoms with Gasteiger partial charge < -0.3 is 5.02 Å². The number of aryl methyl sites for hydroxylation is 1. The van der Waals surface area contributed by atoms with Gasteiger partial charge in [-0.3, -0.25) is 0 Å². The molecule has 84 valence electrons. The molecule has 0 aromatic heterocycles. The predicted molar refractivity (Wildman–Crippen MR) is 63.1 cm³/mol. The molecule has 0 fully saturated rings. The van der Waals surface area contributed by atoms with Crippen molar-refractivity contribution in [3.05, 3.63) is 29.3 Å². The van der Waals surface area contributed by atoms with Crippen molar-refractivity contribution in [2.45, 2.75) is 6.92 Å². The van der Waals surface area contributed by atoms with Gasteiger partial charge in [-0.2, -0.15) is 5.10 Å². The van der Waals surface area contributed by atoms with E-state index in [4.69, 9.17) is 0 Å². The van der Waals surface area contributed by atoms with E-state index in [-0.39, 0.29) is 0 Å². The van der Waals surface area contributed by atoms with E-state index < -0.39 is 17.1 Å². The van der Waals surface area contributed by atoms with E-state index in [1.807, 2.05) is 13.0 Å². The van der Waals surface area contributed by atoms with Crippen molar-refractivity contribution in [3.63, 3.8) is 0 Å². The minimum atomic E-state index is -3.55. The van der Waals surface area contributed by atoms with Gasteiger partial charge in [0.25, 0.3) is 0 Å². The number of hydrazone groups is 1. The van der Waals surface area contributed by atoms with Gasteiger partial charge in [0.2, 0.25) is 10.0 Å². The molecule has 7 heteroatoms. The lowest BCUT2D eigenvalue weighted by atomic mass is 9.71. The largest absolute Gasteiger partial charge is 0.484 e. The van der Waals surface area contributed by atoms with Crippen LogP contribution < -0.4 is 5.46 Å². The molecule has 0 radical (unpaired) electrons. The van der Waals surface area contributed by atoms with Crippen molar-refractivity contribution in [1.29, 1.82) is 0 Å². The summed E-state index contributed by atoms with van der Waals surface area (Å²) in [6.07, 6.45) is 2.44. The Balaban J connectivity index is 2.53. The molecule has 0 saturated heterocycles. The van der Waals surface area contributed by atoms with Crippen molar-refractivity contribution in [2.24, 2.45) is 5.10 Å². The average molecular weight is 238 g/mol. The molecule has 5 nitrogen and oxygen atoms in total. The van der Waals surface area contributed by atoms with Crippen LogP contribution in [0.15, 0.2) is 23.3 Å². The summed E-state index contributed by atoms with van der Waals surface area (Å²) < 4.78 is 23.4. The molecule has 0 unspecified atom stereocenters. The van der Waals surface area contributed by atoms with Crippen LogP contribution in [0.2, 0.25) is 0 Å². The first-order valence-corrected chi connectivity index (χ1v) is 6.56. The first kappa shape index (κ1) is 11.2. The summed E-state index contributed by atoms with van der Waals surface area (Å²) in [4.78, 5) is 0. The van der Waals surface area contributed by atoms with E-state index >= 15 is 0 Å². The Morgan fingerprint density at radius 2 is 2.12 bits per heavy atom. The molecule has 1 aromatic carbocycles. The van der Waals surface area contributed by atoms with Gasteiger partial charge in [-0.1, -0.05) is 23.8 Å². The SMILES string of the molecule is Cc1ccc2c(c1)B(O)N(S(C)(=O)=O)N=C2. The molecule has 1 N–H and O–H groups in total. The van der Waals surface area contributed by atoms with E-state index in [0.717, 1.165) is 17.4 Å². The minimum Gasteiger partial charge on any atom is -0.427 e. The highest BCUT2D eigenvalue weighted by Gasteiger charge is 2.34. The normalized spacial score (nSPS) is 15.2. The van der Waals surface area contributed by atoms with Crippen LogP contribution in [0.4, 0.5) is 0 Å². The summed E-state index contributed by atoms with van der Waals surface area (Å²) in [6.45, 7) is 1.88. The van der Waals surface area contributed by atoms with Crippen LogP contribution in [0, 0.1) is 6.92 Å². The third-order valence-corrected chi connectivity index (χ3v) is 3.35. The van der Waals surface area contributed by atoms with Gasteiger partial charge in [0.05, 0.1) is 12.5 Å². The Bertz CT molecular complexity index is 556. The fourth-order valence-electron chi connectivity index (χ4n) is 1.60. The van der Waals surface area contributed by atoms with E-state index in [9.17, 15) is 13.4 Å². The summed E-state index contributed by atoms with van der Waals surface area (Å²) in [5.41, 5.74) is 2.25. The van der Waals surface area contributed by atoms with Gasteiger partial charge in [-0.05, 0) is 17.9 Å². The zero-order chi connectivity index (χ0) is 11.9. The highest BCUT2D eigenvalue weighted by atomic mass is 32.2. The number of hydrogen-bond acceptors (Lipinski definition) is 4. The molecule has 0 aliphatic carbocycles. The molecule has 1 aliphatic heterocycles. The number of hydrogen-bond donors (Lipinski definition) is 1. The van der Waals surface area contributed by atoms with Gasteiger partial charge in [0.1, 0.15) is 0 Å². The molecule has 0 atom stereocenters. The predicted octanol–water partition coefficient (Wildman–Crippen LogP) is -0.708. The van der Waals surface area contributed by atoms with Crippen molar-refractivity contribution < 1.29 is 13.4 Å². The molecular weight excluding hydrogens is 227 g/mol. The molecule has 1 aromatic rings. The second-order valence-corrected chi connectivity index (χ2v) is 5.63. The molecule has 0 saturated carbocycles. The van der Waals surface area contributed by atoms with Crippen molar-refractivity contribution in [1.82, 2.24) is 4.33 Å². The second kappa shape index (κ2) is 3.60. The molecule has 0 bridgehead atoms. The first-order valence-electron chi connectivity index (χ1n) is 4.71. The van der Waals surface area contributed by atoms with Crippen LogP contribution in [-0.4, -0.2) is 37.3 Å². The van der Waals surface area contributed by atoms with Crippen LogP contribution in [0.3, 0.4) is 0 Å². The quantitative estimate of drug-likeness (QED) is 0.657. The van der Waals surface area contributed by atoms with Gasteiger partial charge in [0, 0.05) is 0 Å². The highest BCUT2D eigenvalue weighted by molar-refractivity contribution is 7.89. The Hall–Kier alpha value is -1.34. The van der Waals surface area contributed by atoms with E-state index in [1.54, 1.807) is 12.1 Å². The lowest BCUT2D eigenvalue weighted by Crippen LogP contribution is -2.52. The third kappa shape index (κ3) is 1.83. The fraction of sp³-hybridized carbons (Fsp3) is 0.222. The standard InChI is InChI=1S/C9H11BN2O3S/c1-7-3-4-8-6-11-12(16(2,14)15)10(13)9(8)5-7/h3-6,13H,1-2H3. The molecular formula is C9H11BN2O3S. The van der Waals surface area contributed by atoms with E-state index in [1.165, 1.54) is 6.21 Å². The molecule has 0 spiro atoms. The number of rotatable bonds is 1. The van der Waals surface area contributed by atoms with Gasteiger partial charge in [0.15, 0.2) is 0 Å². The van der Waals surface area contributed by atoms with Crippen molar-refractivity contribution in [2.75, 3.05) is 6.26 Å². The summed E-state index contributed by atoms with van der Waals surface area (Å²) in [5, 5.41) is 13.6. The molecule has 0 amide bonds. The van der Waals surface area contributed by atoms with Crippen LogP contribution in [0.1, 0.15) is 11.1 Å². The maximum Gasteiger partial charge on any atom is 0.484 e. The molecule has 16 heavy (non-hydrogen) atoms.